The van der Waals surface area contributed by atoms with Gasteiger partial charge in [0.15, 0.2) is 0 Å². The summed E-state index contributed by atoms with van der Waals surface area (Å²) >= 11 is 0. The normalized spacial score (nSPS) is 13.8. The van der Waals surface area contributed by atoms with Crippen molar-refractivity contribution in [3.05, 3.63) is 254 Å². The molecular formula is C61H43N3. The van der Waals surface area contributed by atoms with Gasteiger partial charge in [0.05, 0.1) is 17.4 Å². The van der Waals surface area contributed by atoms with Crippen molar-refractivity contribution in [2.24, 2.45) is 0 Å². The second-order valence-corrected chi connectivity index (χ2v) is 16.6. The molecule has 0 spiro atoms. The second-order valence-electron chi connectivity index (χ2n) is 16.6. The minimum atomic E-state index is -0.757. The Labute approximate surface area is 375 Å². The lowest BCUT2D eigenvalue weighted by Gasteiger charge is -2.29. The summed E-state index contributed by atoms with van der Waals surface area (Å²) in [6, 6.07) is 89.1. The number of fused-ring (bicyclic) bond motifs is 4. The van der Waals surface area contributed by atoms with E-state index in [4.69, 9.17) is 0 Å². The third kappa shape index (κ3) is 6.70. The van der Waals surface area contributed by atoms with Crippen LogP contribution in [-0.4, -0.2) is 0 Å². The fourth-order valence-electron chi connectivity index (χ4n) is 9.57. The highest BCUT2D eigenvalue weighted by atomic mass is 15.1. The Kier molecular flexibility index (Phi) is 9.68. The van der Waals surface area contributed by atoms with Crippen molar-refractivity contribution < 1.29 is 0 Å². The van der Waals surface area contributed by atoms with Gasteiger partial charge in [0.25, 0.3) is 0 Å². The Hall–Kier alpha value is -8.45. The van der Waals surface area contributed by atoms with Crippen molar-refractivity contribution in [3.8, 4) is 50.6 Å². The zero-order valence-corrected chi connectivity index (χ0v) is 35.4. The number of nitrogens with zero attached hydrogens (tertiary/aromatic N) is 3. The first-order chi connectivity index (χ1) is 31.6. The Morgan fingerprint density at radius 2 is 0.766 bits per heavy atom. The van der Waals surface area contributed by atoms with Crippen LogP contribution in [0.1, 0.15) is 18.1 Å². The predicted molar refractivity (Wildman–Crippen MR) is 267 cm³/mol. The summed E-state index contributed by atoms with van der Waals surface area (Å²) < 4.78 is 0. The van der Waals surface area contributed by atoms with Gasteiger partial charge in [0.1, 0.15) is 5.41 Å². The molecule has 0 aliphatic heterocycles. The van der Waals surface area contributed by atoms with E-state index in [-0.39, 0.29) is 0 Å². The number of rotatable bonds is 9. The molecule has 0 saturated carbocycles. The molecule has 3 heteroatoms. The summed E-state index contributed by atoms with van der Waals surface area (Å²) in [5.74, 6) is 0. The van der Waals surface area contributed by atoms with E-state index in [1.807, 2.05) is 13.0 Å². The molecule has 0 saturated heterocycles. The molecule has 0 bridgehead atoms. The third-order valence-electron chi connectivity index (χ3n) is 12.8. The van der Waals surface area contributed by atoms with E-state index in [0.29, 0.717) is 0 Å². The fourth-order valence-corrected chi connectivity index (χ4v) is 9.57. The summed E-state index contributed by atoms with van der Waals surface area (Å²) in [6.45, 7) is 2.05. The van der Waals surface area contributed by atoms with E-state index >= 15 is 0 Å². The minimum Gasteiger partial charge on any atom is -0.310 e. The van der Waals surface area contributed by atoms with Gasteiger partial charge in [-0.1, -0.05) is 176 Å². The van der Waals surface area contributed by atoms with E-state index in [2.05, 4.69) is 252 Å². The largest absolute Gasteiger partial charge is 0.310 e. The Balaban J connectivity index is 0.967. The van der Waals surface area contributed by atoms with Crippen LogP contribution in [0, 0.1) is 11.3 Å². The molecule has 1 atom stereocenters. The van der Waals surface area contributed by atoms with Gasteiger partial charge in [-0.05, 0) is 129 Å². The Morgan fingerprint density at radius 3 is 1.38 bits per heavy atom. The van der Waals surface area contributed by atoms with Gasteiger partial charge in [-0.3, -0.25) is 0 Å². The first-order valence-electron chi connectivity index (χ1n) is 21.8. The van der Waals surface area contributed by atoms with Crippen LogP contribution >= 0.6 is 0 Å². The first kappa shape index (κ1) is 38.5. The van der Waals surface area contributed by atoms with Crippen LogP contribution in [0.15, 0.2) is 243 Å². The third-order valence-corrected chi connectivity index (χ3v) is 12.8. The smallest absolute Gasteiger partial charge is 0.106 e. The van der Waals surface area contributed by atoms with Crippen molar-refractivity contribution in [3.63, 3.8) is 0 Å². The maximum atomic E-state index is 10.7. The summed E-state index contributed by atoms with van der Waals surface area (Å²) in [5.41, 5.74) is 16.8. The van der Waals surface area contributed by atoms with E-state index in [9.17, 15) is 5.26 Å². The van der Waals surface area contributed by atoms with Crippen molar-refractivity contribution in [1.29, 1.82) is 5.26 Å². The molecule has 1 aliphatic rings. The van der Waals surface area contributed by atoms with Gasteiger partial charge in [0.2, 0.25) is 0 Å². The van der Waals surface area contributed by atoms with Crippen molar-refractivity contribution in [2.75, 3.05) is 9.80 Å². The standard InChI is InChI=1S/C61H43N3/c1-61(42-62)57-25-13-10-24-55(57)56-39-38-52(41-58(56)61)64(50-20-6-3-7-21-50)60-27-15-12-23-54(60)46-31-29-45(30-32-46)53-22-11-14-26-59(53)63(49-18-4-2-5-19-49)51-36-34-44(35-37-51)48-33-28-43-16-8-9-17-47(43)40-48/h2-41H,1H3. The maximum Gasteiger partial charge on any atom is 0.106 e. The van der Waals surface area contributed by atoms with E-state index in [1.165, 1.54) is 21.9 Å². The van der Waals surface area contributed by atoms with Crippen LogP contribution in [-0.2, 0) is 5.41 Å². The molecular weight excluding hydrogens is 775 g/mol. The monoisotopic (exact) mass is 817 g/mol. The highest BCUT2D eigenvalue weighted by molar-refractivity contribution is 5.93. The molecule has 64 heavy (non-hydrogen) atoms. The number of para-hydroxylation sites is 4. The maximum absolute atomic E-state index is 10.7. The quantitative estimate of drug-likeness (QED) is 0.145. The number of anilines is 6. The zero-order chi connectivity index (χ0) is 43.0. The second kappa shape index (κ2) is 16.1. The van der Waals surface area contributed by atoms with Gasteiger partial charge in [-0.25, -0.2) is 0 Å². The summed E-state index contributed by atoms with van der Waals surface area (Å²) in [4.78, 5) is 4.68. The van der Waals surface area contributed by atoms with Crippen LogP contribution < -0.4 is 9.80 Å². The fraction of sp³-hybridized carbons (Fsp3) is 0.0328. The molecule has 0 aromatic heterocycles. The molecule has 3 nitrogen and oxygen atoms in total. The van der Waals surface area contributed by atoms with Crippen LogP contribution in [0.3, 0.4) is 0 Å². The summed E-state index contributed by atoms with van der Waals surface area (Å²) in [7, 11) is 0. The number of benzene rings is 10. The molecule has 10 aromatic carbocycles. The minimum absolute atomic E-state index is 0.757. The molecule has 0 N–H and O–H groups in total. The molecule has 0 radical (unpaired) electrons. The van der Waals surface area contributed by atoms with Crippen LogP contribution in [0.4, 0.5) is 34.1 Å². The highest BCUT2D eigenvalue weighted by Crippen LogP contribution is 2.51. The number of hydrogen-bond acceptors (Lipinski definition) is 3. The molecule has 302 valence electrons. The number of hydrogen-bond donors (Lipinski definition) is 0. The van der Waals surface area contributed by atoms with E-state index in [0.717, 1.165) is 78.6 Å². The van der Waals surface area contributed by atoms with Gasteiger partial charge in [0, 0.05) is 33.9 Å². The van der Waals surface area contributed by atoms with Crippen molar-refractivity contribution in [1.82, 2.24) is 0 Å². The van der Waals surface area contributed by atoms with Gasteiger partial charge >= 0.3 is 0 Å². The zero-order valence-electron chi connectivity index (χ0n) is 35.4. The average molecular weight is 818 g/mol. The molecule has 0 fully saturated rings. The van der Waals surface area contributed by atoms with Crippen molar-refractivity contribution >= 4 is 44.9 Å². The molecule has 11 rings (SSSR count). The molecule has 1 unspecified atom stereocenters. The molecule has 0 heterocycles. The van der Waals surface area contributed by atoms with E-state index < -0.39 is 5.41 Å². The lowest BCUT2D eigenvalue weighted by molar-refractivity contribution is 0.764. The molecule has 1 aliphatic carbocycles. The van der Waals surface area contributed by atoms with Crippen LogP contribution in [0.2, 0.25) is 0 Å². The molecule has 10 aromatic rings. The lowest BCUT2D eigenvalue weighted by atomic mass is 9.81. The SMILES string of the molecule is CC1(C#N)c2ccccc2-c2ccc(N(c3ccccc3)c3ccccc3-c3ccc(-c4ccccc4N(c4ccccc4)c4ccc(-c5ccc6ccccc6c5)cc4)cc3)cc21. The topological polar surface area (TPSA) is 30.3 Å². The molecule has 0 amide bonds. The van der Waals surface area contributed by atoms with Crippen molar-refractivity contribution in [2.45, 2.75) is 12.3 Å². The lowest BCUT2D eigenvalue weighted by Crippen LogP contribution is -2.18. The first-order valence-corrected chi connectivity index (χ1v) is 21.8. The van der Waals surface area contributed by atoms with Gasteiger partial charge in [-0.2, -0.15) is 5.26 Å². The summed E-state index contributed by atoms with van der Waals surface area (Å²) in [6.07, 6.45) is 0. The Bertz CT molecular complexity index is 3350. The Morgan fingerprint density at radius 1 is 0.328 bits per heavy atom. The van der Waals surface area contributed by atoms with Crippen LogP contribution in [0.25, 0.3) is 55.3 Å². The van der Waals surface area contributed by atoms with E-state index in [1.54, 1.807) is 0 Å². The highest BCUT2D eigenvalue weighted by Gasteiger charge is 2.40. The van der Waals surface area contributed by atoms with Crippen LogP contribution in [0.5, 0.6) is 0 Å². The number of nitriles is 1. The van der Waals surface area contributed by atoms with Gasteiger partial charge in [-0.15, -0.1) is 0 Å². The predicted octanol–water partition coefficient (Wildman–Crippen LogP) is 16.6. The van der Waals surface area contributed by atoms with Gasteiger partial charge < -0.3 is 9.80 Å². The summed E-state index contributed by atoms with van der Waals surface area (Å²) in [5, 5.41) is 13.1. The average Bonchev–Trinajstić information content (AvgIpc) is 3.62.